The molecule has 1 aromatic heterocycles. The highest BCUT2D eigenvalue weighted by Crippen LogP contribution is 2.28. The number of hydrogen-bond donors (Lipinski definition) is 3. The van der Waals surface area contributed by atoms with Gasteiger partial charge < -0.3 is 20.1 Å². The van der Waals surface area contributed by atoms with Crippen molar-refractivity contribution < 1.29 is 23.8 Å². The van der Waals surface area contributed by atoms with Crippen LogP contribution in [-0.2, 0) is 0 Å². The van der Waals surface area contributed by atoms with Gasteiger partial charge in [0.1, 0.15) is 23.3 Å². The molecule has 0 bridgehead atoms. The summed E-state index contributed by atoms with van der Waals surface area (Å²) in [6, 6.07) is 5.30. The smallest absolute Gasteiger partial charge is 0.352 e. The molecule has 1 unspecified atom stereocenters. The van der Waals surface area contributed by atoms with Gasteiger partial charge >= 0.3 is 5.97 Å². The molecule has 1 amide bonds. The molecule has 2 rings (SSSR count). The van der Waals surface area contributed by atoms with Crippen molar-refractivity contribution in [2.75, 3.05) is 7.05 Å². The SMILES string of the molecule is CNC(=O)c1[nH]c(C(=O)O)cc1OC(C)c1ccc(Cl)cc1F. The highest BCUT2D eigenvalue weighted by molar-refractivity contribution is 6.30. The van der Waals surface area contributed by atoms with Gasteiger partial charge in [-0.3, -0.25) is 4.79 Å². The highest BCUT2D eigenvalue weighted by atomic mass is 35.5. The van der Waals surface area contributed by atoms with E-state index >= 15 is 0 Å². The number of halogens is 2. The average Bonchev–Trinajstić information content (AvgIpc) is 2.90. The Morgan fingerprint density at radius 1 is 1.39 bits per heavy atom. The lowest BCUT2D eigenvalue weighted by Crippen LogP contribution is -2.19. The molecular formula is C15H14ClFN2O4. The van der Waals surface area contributed by atoms with Crippen LogP contribution in [0.5, 0.6) is 5.75 Å². The van der Waals surface area contributed by atoms with E-state index < -0.39 is 23.8 Å². The van der Waals surface area contributed by atoms with Crippen molar-refractivity contribution in [3.05, 3.63) is 52.1 Å². The minimum atomic E-state index is -1.24. The number of aromatic nitrogens is 1. The minimum Gasteiger partial charge on any atom is -0.483 e. The Labute approximate surface area is 136 Å². The Balaban J connectivity index is 2.34. The van der Waals surface area contributed by atoms with E-state index in [0.717, 1.165) is 6.07 Å². The molecule has 0 fully saturated rings. The normalized spacial score (nSPS) is 11.8. The number of hydrogen-bond acceptors (Lipinski definition) is 3. The average molecular weight is 341 g/mol. The number of amides is 1. The third-order valence-electron chi connectivity index (χ3n) is 3.17. The Bertz CT molecular complexity index is 760. The molecule has 0 aliphatic carbocycles. The van der Waals surface area contributed by atoms with Crippen LogP contribution in [0.1, 0.15) is 39.6 Å². The number of ether oxygens (including phenoxy) is 1. The van der Waals surface area contributed by atoms with Crippen LogP contribution in [-0.4, -0.2) is 29.0 Å². The molecule has 122 valence electrons. The Morgan fingerprint density at radius 3 is 2.65 bits per heavy atom. The molecule has 0 saturated carbocycles. The second kappa shape index (κ2) is 6.70. The van der Waals surface area contributed by atoms with Crippen molar-refractivity contribution in [3.63, 3.8) is 0 Å². The van der Waals surface area contributed by atoms with E-state index in [1.54, 1.807) is 6.92 Å². The van der Waals surface area contributed by atoms with Crippen LogP contribution in [0.25, 0.3) is 0 Å². The van der Waals surface area contributed by atoms with Crippen molar-refractivity contribution in [2.24, 2.45) is 0 Å². The standard InChI is InChI=1S/C15H14ClFN2O4/c1-7(9-4-3-8(16)5-10(9)17)23-12-6-11(15(21)22)19-13(12)14(20)18-2/h3-7,19H,1-2H3,(H,18,20)(H,21,22). The van der Waals surface area contributed by atoms with Crippen molar-refractivity contribution in [2.45, 2.75) is 13.0 Å². The monoisotopic (exact) mass is 340 g/mol. The summed E-state index contributed by atoms with van der Waals surface area (Å²) in [5.41, 5.74) is -0.0242. The lowest BCUT2D eigenvalue weighted by molar-refractivity contribution is 0.0691. The van der Waals surface area contributed by atoms with Crippen LogP contribution < -0.4 is 10.1 Å². The lowest BCUT2D eigenvalue weighted by atomic mass is 10.1. The van der Waals surface area contributed by atoms with Crippen molar-refractivity contribution >= 4 is 23.5 Å². The van der Waals surface area contributed by atoms with Crippen molar-refractivity contribution in [1.29, 1.82) is 0 Å². The van der Waals surface area contributed by atoms with E-state index in [9.17, 15) is 14.0 Å². The maximum atomic E-state index is 13.9. The van der Waals surface area contributed by atoms with Crippen LogP contribution in [0.3, 0.4) is 0 Å². The molecule has 0 aliphatic heterocycles. The number of aromatic carboxylic acids is 1. The summed E-state index contributed by atoms with van der Waals surface area (Å²) in [6.45, 7) is 1.58. The first-order valence-corrected chi connectivity index (χ1v) is 7.01. The van der Waals surface area contributed by atoms with E-state index in [1.807, 2.05) is 0 Å². The maximum Gasteiger partial charge on any atom is 0.352 e. The number of aromatic amines is 1. The van der Waals surface area contributed by atoms with Crippen molar-refractivity contribution in [3.8, 4) is 5.75 Å². The van der Waals surface area contributed by atoms with Crippen LogP contribution in [0, 0.1) is 5.82 Å². The number of rotatable bonds is 5. The number of H-pyrrole nitrogens is 1. The van der Waals surface area contributed by atoms with E-state index in [4.69, 9.17) is 21.4 Å². The summed E-state index contributed by atoms with van der Waals surface area (Å²) < 4.78 is 19.5. The molecule has 8 heteroatoms. The van der Waals surface area contributed by atoms with E-state index in [0.29, 0.717) is 0 Å². The third-order valence-corrected chi connectivity index (χ3v) is 3.41. The zero-order valence-corrected chi connectivity index (χ0v) is 13.1. The first kappa shape index (κ1) is 16.8. The van der Waals surface area contributed by atoms with Crippen LogP contribution in [0.2, 0.25) is 5.02 Å². The predicted molar refractivity (Wildman–Crippen MR) is 81.6 cm³/mol. The van der Waals surface area contributed by atoms with Crippen LogP contribution >= 0.6 is 11.6 Å². The van der Waals surface area contributed by atoms with Crippen LogP contribution in [0.15, 0.2) is 24.3 Å². The fourth-order valence-corrected chi connectivity index (χ4v) is 2.18. The number of carbonyl (C=O) groups is 2. The van der Waals surface area contributed by atoms with Gasteiger partial charge in [-0.05, 0) is 19.1 Å². The van der Waals surface area contributed by atoms with Crippen molar-refractivity contribution in [1.82, 2.24) is 10.3 Å². The quantitative estimate of drug-likeness (QED) is 0.780. The van der Waals surface area contributed by atoms with Gasteiger partial charge in [0.2, 0.25) is 0 Å². The van der Waals surface area contributed by atoms with Gasteiger partial charge in [-0.25, -0.2) is 9.18 Å². The molecule has 3 N–H and O–H groups in total. The summed E-state index contributed by atoms with van der Waals surface area (Å²) in [4.78, 5) is 25.3. The second-order valence-electron chi connectivity index (χ2n) is 4.73. The molecule has 0 radical (unpaired) electrons. The van der Waals surface area contributed by atoms with Gasteiger partial charge in [0.25, 0.3) is 5.91 Å². The molecule has 0 saturated heterocycles. The number of nitrogens with one attached hydrogen (secondary N) is 2. The molecule has 6 nitrogen and oxygen atoms in total. The molecular weight excluding hydrogens is 327 g/mol. The lowest BCUT2D eigenvalue weighted by Gasteiger charge is -2.16. The topological polar surface area (TPSA) is 91.4 Å². The molecule has 1 heterocycles. The molecule has 1 aromatic carbocycles. The van der Waals surface area contributed by atoms with Gasteiger partial charge in [-0.15, -0.1) is 0 Å². The zero-order chi connectivity index (χ0) is 17.1. The summed E-state index contributed by atoms with van der Waals surface area (Å²) >= 11 is 5.70. The molecule has 23 heavy (non-hydrogen) atoms. The molecule has 1 atom stereocenters. The van der Waals surface area contributed by atoms with Gasteiger partial charge in [-0.1, -0.05) is 17.7 Å². The molecule has 2 aromatic rings. The summed E-state index contributed by atoms with van der Waals surface area (Å²) in [7, 11) is 1.40. The van der Waals surface area contributed by atoms with E-state index in [-0.39, 0.29) is 27.7 Å². The predicted octanol–water partition coefficient (Wildman–Crippen LogP) is 3.01. The maximum absolute atomic E-state index is 13.9. The molecule has 0 spiro atoms. The number of carbonyl (C=O) groups excluding carboxylic acids is 1. The number of benzene rings is 1. The Kier molecular flexibility index (Phi) is 4.90. The summed E-state index contributed by atoms with van der Waals surface area (Å²) in [5, 5.41) is 11.6. The van der Waals surface area contributed by atoms with Gasteiger partial charge in [0.15, 0.2) is 5.75 Å². The number of carboxylic acid groups (broad SMARTS) is 1. The summed E-state index contributed by atoms with van der Waals surface area (Å²) in [5.74, 6) is -2.32. The zero-order valence-electron chi connectivity index (χ0n) is 12.3. The van der Waals surface area contributed by atoms with Gasteiger partial charge in [0, 0.05) is 23.7 Å². The first-order chi connectivity index (χ1) is 10.8. The molecule has 0 aliphatic rings. The van der Waals surface area contributed by atoms with E-state index in [2.05, 4.69) is 10.3 Å². The largest absolute Gasteiger partial charge is 0.483 e. The fraction of sp³-hybridized carbons (Fsp3) is 0.200. The number of carboxylic acids is 1. The first-order valence-electron chi connectivity index (χ1n) is 6.63. The third kappa shape index (κ3) is 3.62. The Hall–Kier alpha value is -2.54. The summed E-state index contributed by atoms with van der Waals surface area (Å²) in [6.07, 6.45) is -0.756. The van der Waals surface area contributed by atoms with Crippen LogP contribution in [0.4, 0.5) is 4.39 Å². The minimum absolute atomic E-state index is 0.0172. The fourth-order valence-electron chi connectivity index (χ4n) is 2.02. The second-order valence-corrected chi connectivity index (χ2v) is 5.17. The van der Waals surface area contributed by atoms with Gasteiger partial charge in [-0.2, -0.15) is 0 Å². The Morgan fingerprint density at radius 2 is 2.09 bits per heavy atom. The highest BCUT2D eigenvalue weighted by Gasteiger charge is 2.22. The van der Waals surface area contributed by atoms with Gasteiger partial charge in [0.05, 0.1) is 0 Å². The van der Waals surface area contributed by atoms with E-state index in [1.165, 1.54) is 25.2 Å².